The van der Waals surface area contributed by atoms with Gasteiger partial charge in [0.1, 0.15) is 0 Å². The van der Waals surface area contributed by atoms with Gasteiger partial charge in [0.15, 0.2) is 0 Å². The van der Waals surface area contributed by atoms with Crippen LogP contribution in [-0.2, 0) is 27.8 Å². The molecule has 2 unspecified atom stereocenters. The normalized spacial score (nSPS) is 20.8. The zero-order valence-electron chi connectivity index (χ0n) is 12.9. The maximum absolute atomic E-state index is 12.5. The van der Waals surface area contributed by atoms with E-state index < -0.39 is 10.0 Å². The number of ether oxygens (including phenoxy) is 1. The van der Waals surface area contributed by atoms with E-state index in [-0.39, 0.29) is 12.0 Å². The molecule has 2 atom stereocenters. The minimum atomic E-state index is -3.48. The van der Waals surface area contributed by atoms with Crippen LogP contribution in [0.4, 0.5) is 0 Å². The fourth-order valence-corrected chi connectivity index (χ4v) is 4.03. The summed E-state index contributed by atoms with van der Waals surface area (Å²) in [7, 11) is -1.63. The number of nitrogens with zero attached hydrogens (tertiary/aromatic N) is 1. The molecule has 2 heterocycles. The van der Waals surface area contributed by atoms with Crippen molar-refractivity contribution in [3.63, 3.8) is 0 Å². The molecule has 0 radical (unpaired) electrons. The zero-order chi connectivity index (χ0) is 15.5. The van der Waals surface area contributed by atoms with Gasteiger partial charge in [-0.25, -0.2) is 13.1 Å². The molecular weight excluding hydrogens is 290 g/mol. The molecule has 0 aliphatic carbocycles. The topological polar surface area (TPSA) is 72.4 Å². The summed E-state index contributed by atoms with van der Waals surface area (Å²) in [5, 5.41) is 3.06. The Balaban J connectivity index is 2.14. The van der Waals surface area contributed by atoms with Crippen LogP contribution in [0.3, 0.4) is 0 Å². The quantitative estimate of drug-likeness (QED) is 0.785. The molecule has 21 heavy (non-hydrogen) atoms. The van der Waals surface area contributed by atoms with Gasteiger partial charge in [-0.3, -0.25) is 0 Å². The zero-order valence-corrected chi connectivity index (χ0v) is 13.7. The van der Waals surface area contributed by atoms with Crippen LogP contribution in [0, 0.1) is 5.92 Å². The lowest BCUT2D eigenvalue weighted by molar-refractivity contribution is 0.180. The Morgan fingerprint density at radius 3 is 2.86 bits per heavy atom. The Morgan fingerprint density at radius 1 is 1.52 bits per heavy atom. The number of hydrogen-bond acceptors (Lipinski definition) is 4. The first-order valence-electron chi connectivity index (χ1n) is 7.41. The summed E-state index contributed by atoms with van der Waals surface area (Å²) in [5.41, 5.74) is 0.970. The number of sulfonamides is 1. The summed E-state index contributed by atoms with van der Waals surface area (Å²) in [4.78, 5) is 0.334. The van der Waals surface area contributed by atoms with Crippen LogP contribution in [0.5, 0.6) is 0 Å². The van der Waals surface area contributed by atoms with Crippen molar-refractivity contribution < 1.29 is 13.2 Å². The van der Waals surface area contributed by atoms with Crippen LogP contribution in [0.15, 0.2) is 17.2 Å². The molecule has 0 saturated carbocycles. The number of rotatable bonds is 7. The second-order valence-corrected chi connectivity index (χ2v) is 7.23. The lowest BCUT2D eigenvalue weighted by Crippen LogP contribution is -2.38. The van der Waals surface area contributed by atoms with E-state index in [1.165, 1.54) is 0 Å². The third-order valence-corrected chi connectivity index (χ3v) is 5.51. The molecule has 0 aromatic carbocycles. The molecule has 0 bridgehead atoms. The molecular formula is C14H25N3O3S. The number of hydrogen-bond donors (Lipinski definition) is 2. The smallest absolute Gasteiger partial charge is 0.242 e. The molecule has 0 spiro atoms. The van der Waals surface area contributed by atoms with Crippen LogP contribution < -0.4 is 10.0 Å². The Labute approximate surface area is 126 Å². The molecule has 6 nitrogen and oxygen atoms in total. The Hall–Kier alpha value is -0.890. The molecule has 0 amide bonds. The highest BCUT2D eigenvalue weighted by Gasteiger charge is 2.27. The van der Waals surface area contributed by atoms with E-state index in [2.05, 4.69) is 10.0 Å². The highest BCUT2D eigenvalue weighted by Crippen LogP contribution is 2.20. The minimum Gasteiger partial charge on any atom is -0.381 e. The first-order chi connectivity index (χ1) is 9.97. The van der Waals surface area contributed by atoms with Crippen molar-refractivity contribution in [1.82, 2.24) is 14.6 Å². The van der Waals surface area contributed by atoms with Gasteiger partial charge in [-0.15, -0.1) is 0 Å². The van der Waals surface area contributed by atoms with Gasteiger partial charge in [0.25, 0.3) is 0 Å². The van der Waals surface area contributed by atoms with Crippen molar-refractivity contribution in [3.8, 4) is 0 Å². The molecule has 7 heteroatoms. The van der Waals surface area contributed by atoms with Crippen molar-refractivity contribution in [2.24, 2.45) is 5.92 Å². The van der Waals surface area contributed by atoms with Gasteiger partial charge in [-0.1, -0.05) is 0 Å². The summed E-state index contributed by atoms with van der Waals surface area (Å²) in [5.74, 6) is 0.254. The van der Waals surface area contributed by atoms with Gasteiger partial charge in [0.2, 0.25) is 10.0 Å². The number of aromatic nitrogens is 1. The van der Waals surface area contributed by atoms with Crippen LogP contribution in [0.25, 0.3) is 0 Å². The first-order valence-corrected chi connectivity index (χ1v) is 8.90. The first kappa shape index (κ1) is 16.5. The van der Waals surface area contributed by atoms with Gasteiger partial charge >= 0.3 is 0 Å². The number of nitrogens with one attached hydrogen (secondary N) is 2. The fourth-order valence-electron chi connectivity index (χ4n) is 2.65. The Bertz CT molecular complexity index is 562. The van der Waals surface area contributed by atoms with Crippen LogP contribution >= 0.6 is 0 Å². The highest BCUT2D eigenvalue weighted by molar-refractivity contribution is 7.89. The molecule has 1 saturated heterocycles. The van der Waals surface area contributed by atoms with E-state index in [0.717, 1.165) is 25.3 Å². The van der Waals surface area contributed by atoms with Crippen molar-refractivity contribution in [2.45, 2.75) is 44.3 Å². The highest BCUT2D eigenvalue weighted by atomic mass is 32.2. The van der Waals surface area contributed by atoms with E-state index in [9.17, 15) is 8.42 Å². The summed E-state index contributed by atoms with van der Waals surface area (Å²) >= 11 is 0. The lowest BCUT2D eigenvalue weighted by Gasteiger charge is -2.18. The molecule has 1 aliphatic heterocycles. The van der Waals surface area contributed by atoms with Crippen LogP contribution in [0.1, 0.15) is 26.0 Å². The van der Waals surface area contributed by atoms with Crippen LogP contribution in [-0.4, -0.2) is 39.3 Å². The van der Waals surface area contributed by atoms with E-state index in [1.54, 1.807) is 12.3 Å². The molecule has 1 aromatic rings. The van der Waals surface area contributed by atoms with Gasteiger partial charge < -0.3 is 14.6 Å². The van der Waals surface area contributed by atoms with Crippen molar-refractivity contribution in [3.05, 3.63) is 18.0 Å². The second kappa shape index (κ2) is 6.91. The molecule has 2 rings (SSSR count). The fraction of sp³-hybridized carbons (Fsp3) is 0.714. The monoisotopic (exact) mass is 315 g/mol. The molecule has 120 valence electrons. The third kappa shape index (κ3) is 3.85. The average molecular weight is 315 g/mol. The van der Waals surface area contributed by atoms with E-state index in [0.29, 0.717) is 18.0 Å². The van der Waals surface area contributed by atoms with Gasteiger partial charge in [0, 0.05) is 43.5 Å². The SMILES string of the molecule is CCn1cc(S(=O)(=O)NC(C)C2CCOC2)cc1CNC. The Kier molecular flexibility index (Phi) is 5.43. The maximum Gasteiger partial charge on any atom is 0.242 e. The van der Waals surface area contributed by atoms with E-state index >= 15 is 0 Å². The average Bonchev–Trinajstić information content (AvgIpc) is 3.08. The van der Waals surface area contributed by atoms with Gasteiger partial charge in [-0.05, 0) is 33.4 Å². The summed E-state index contributed by atoms with van der Waals surface area (Å²) < 4.78 is 35.1. The predicted octanol–water partition coefficient (Wildman–Crippen LogP) is 0.931. The standard InChI is InChI=1S/C14H25N3O3S/c1-4-17-9-14(7-13(17)8-15-3)21(18,19)16-11(2)12-5-6-20-10-12/h7,9,11-12,15-16H,4-6,8,10H2,1-3H3. The second-order valence-electron chi connectivity index (χ2n) is 5.52. The van der Waals surface area contributed by atoms with E-state index in [4.69, 9.17) is 4.74 Å². The molecule has 2 N–H and O–H groups in total. The summed E-state index contributed by atoms with van der Waals surface area (Å²) in [6.07, 6.45) is 2.61. The van der Waals surface area contributed by atoms with Crippen LogP contribution in [0.2, 0.25) is 0 Å². The van der Waals surface area contributed by atoms with E-state index in [1.807, 2.05) is 25.5 Å². The summed E-state index contributed by atoms with van der Waals surface area (Å²) in [6.45, 7) is 6.65. The predicted molar refractivity (Wildman–Crippen MR) is 81.6 cm³/mol. The van der Waals surface area contributed by atoms with Crippen molar-refractivity contribution in [2.75, 3.05) is 20.3 Å². The molecule has 1 aliphatic rings. The van der Waals surface area contributed by atoms with Gasteiger partial charge in [0.05, 0.1) is 11.5 Å². The third-order valence-electron chi connectivity index (χ3n) is 3.98. The minimum absolute atomic E-state index is 0.116. The molecule has 1 aromatic heterocycles. The van der Waals surface area contributed by atoms with Crippen molar-refractivity contribution >= 4 is 10.0 Å². The number of aryl methyl sites for hydroxylation is 1. The lowest BCUT2D eigenvalue weighted by atomic mass is 10.0. The van der Waals surface area contributed by atoms with Gasteiger partial charge in [-0.2, -0.15) is 0 Å². The summed E-state index contributed by atoms with van der Waals surface area (Å²) in [6, 6.07) is 1.62. The largest absolute Gasteiger partial charge is 0.381 e. The maximum atomic E-state index is 12.5. The Morgan fingerprint density at radius 2 is 2.29 bits per heavy atom. The van der Waals surface area contributed by atoms with Crippen molar-refractivity contribution in [1.29, 1.82) is 0 Å². The molecule has 1 fully saturated rings.